The zero-order valence-corrected chi connectivity index (χ0v) is 12.4. The molecular formula is C13H25IO2. The van der Waals surface area contributed by atoms with Crippen molar-refractivity contribution < 1.29 is 9.47 Å². The van der Waals surface area contributed by atoms with Crippen molar-refractivity contribution in [2.24, 2.45) is 0 Å². The van der Waals surface area contributed by atoms with E-state index >= 15 is 0 Å². The van der Waals surface area contributed by atoms with E-state index < -0.39 is 0 Å². The first-order valence-electron chi connectivity index (χ1n) is 6.72. The van der Waals surface area contributed by atoms with Gasteiger partial charge in [-0.1, -0.05) is 48.3 Å². The average molecular weight is 340 g/mol. The van der Waals surface area contributed by atoms with E-state index in [-0.39, 0.29) is 6.29 Å². The molecule has 0 bridgehead atoms. The van der Waals surface area contributed by atoms with Crippen LogP contribution < -0.4 is 0 Å². The summed E-state index contributed by atoms with van der Waals surface area (Å²) in [6.07, 6.45) is 11.7. The standard InChI is InChI=1S/C13H25IO2/c14-10-6-3-1-2-4-7-11-15-13-9-5-8-12-16-13/h13H,1-12H2/t13-/m1/s1. The van der Waals surface area contributed by atoms with E-state index in [2.05, 4.69) is 22.6 Å². The molecule has 0 aromatic heterocycles. The predicted octanol–water partition coefficient (Wildman–Crippen LogP) is 4.31. The van der Waals surface area contributed by atoms with Gasteiger partial charge in [-0.3, -0.25) is 0 Å². The Bertz CT molecular complexity index is 147. The van der Waals surface area contributed by atoms with Gasteiger partial charge >= 0.3 is 0 Å². The van der Waals surface area contributed by atoms with Gasteiger partial charge in [-0.25, -0.2) is 0 Å². The molecule has 1 fully saturated rings. The molecule has 0 saturated carbocycles. The molecule has 0 amide bonds. The van der Waals surface area contributed by atoms with Gasteiger partial charge in [-0.15, -0.1) is 0 Å². The Kier molecular flexibility index (Phi) is 9.91. The van der Waals surface area contributed by atoms with Crippen LogP contribution in [-0.4, -0.2) is 23.9 Å². The van der Waals surface area contributed by atoms with Crippen LogP contribution in [0, 0.1) is 0 Å². The van der Waals surface area contributed by atoms with E-state index in [1.807, 2.05) is 0 Å². The number of alkyl halides is 1. The highest BCUT2D eigenvalue weighted by Gasteiger charge is 2.12. The second kappa shape index (κ2) is 10.8. The lowest BCUT2D eigenvalue weighted by Gasteiger charge is -2.22. The SMILES string of the molecule is ICCCCCCCCO[C@H]1CCCCO1. The molecule has 0 N–H and O–H groups in total. The van der Waals surface area contributed by atoms with E-state index in [0.717, 1.165) is 19.6 Å². The first-order valence-corrected chi connectivity index (χ1v) is 8.25. The molecule has 0 aromatic carbocycles. The molecule has 96 valence electrons. The summed E-state index contributed by atoms with van der Waals surface area (Å²) >= 11 is 2.45. The molecule has 1 rings (SSSR count). The van der Waals surface area contributed by atoms with Gasteiger partial charge in [0.05, 0.1) is 0 Å². The van der Waals surface area contributed by atoms with E-state index in [9.17, 15) is 0 Å². The number of hydrogen-bond acceptors (Lipinski definition) is 2. The van der Waals surface area contributed by atoms with Gasteiger partial charge in [0.15, 0.2) is 6.29 Å². The van der Waals surface area contributed by atoms with Crippen LogP contribution in [0.2, 0.25) is 0 Å². The third kappa shape index (κ3) is 7.85. The summed E-state index contributed by atoms with van der Waals surface area (Å²) in [5, 5.41) is 0. The zero-order valence-electron chi connectivity index (χ0n) is 10.3. The van der Waals surface area contributed by atoms with Crippen LogP contribution >= 0.6 is 22.6 Å². The fourth-order valence-electron chi connectivity index (χ4n) is 1.96. The number of rotatable bonds is 9. The second-order valence-electron chi connectivity index (χ2n) is 4.48. The average Bonchev–Trinajstić information content (AvgIpc) is 2.34. The molecule has 1 aliphatic rings. The number of unbranched alkanes of at least 4 members (excludes halogenated alkanes) is 5. The maximum atomic E-state index is 5.69. The summed E-state index contributed by atoms with van der Waals surface area (Å²) in [5.41, 5.74) is 0. The number of halogens is 1. The Morgan fingerprint density at radius 1 is 1.00 bits per heavy atom. The molecule has 3 heteroatoms. The summed E-state index contributed by atoms with van der Waals surface area (Å²) in [4.78, 5) is 0. The highest BCUT2D eigenvalue weighted by molar-refractivity contribution is 14.1. The maximum absolute atomic E-state index is 5.69. The number of ether oxygens (including phenoxy) is 2. The smallest absolute Gasteiger partial charge is 0.157 e. The van der Waals surface area contributed by atoms with Gasteiger partial charge in [-0.05, 0) is 36.5 Å². The van der Waals surface area contributed by atoms with Gasteiger partial charge in [-0.2, -0.15) is 0 Å². The lowest BCUT2D eigenvalue weighted by molar-refractivity contribution is -0.162. The van der Waals surface area contributed by atoms with Gasteiger partial charge < -0.3 is 9.47 Å². The van der Waals surface area contributed by atoms with Crippen molar-refractivity contribution in [1.82, 2.24) is 0 Å². The molecule has 0 aliphatic carbocycles. The molecule has 1 saturated heterocycles. The third-order valence-electron chi connectivity index (χ3n) is 2.97. The van der Waals surface area contributed by atoms with E-state index in [1.165, 1.54) is 55.8 Å². The molecule has 1 atom stereocenters. The summed E-state index contributed by atoms with van der Waals surface area (Å²) in [6, 6.07) is 0. The minimum absolute atomic E-state index is 0.104. The van der Waals surface area contributed by atoms with Crippen molar-refractivity contribution in [3.05, 3.63) is 0 Å². The Balaban J connectivity index is 1.77. The van der Waals surface area contributed by atoms with Crippen molar-refractivity contribution in [3.63, 3.8) is 0 Å². The first kappa shape index (κ1) is 14.7. The minimum Gasteiger partial charge on any atom is -0.353 e. The summed E-state index contributed by atoms with van der Waals surface area (Å²) < 4.78 is 12.5. The van der Waals surface area contributed by atoms with E-state index in [4.69, 9.17) is 9.47 Å². The van der Waals surface area contributed by atoms with Crippen molar-refractivity contribution in [2.45, 2.75) is 64.1 Å². The van der Waals surface area contributed by atoms with Crippen LogP contribution in [0.1, 0.15) is 57.8 Å². The van der Waals surface area contributed by atoms with Crippen LogP contribution in [0.25, 0.3) is 0 Å². The quantitative estimate of drug-likeness (QED) is 0.354. The monoisotopic (exact) mass is 340 g/mol. The topological polar surface area (TPSA) is 18.5 Å². The highest BCUT2D eigenvalue weighted by Crippen LogP contribution is 2.14. The summed E-state index contributed by atoms with van der Waals surface area (Å²) in [7, 11) is 0. The van der Waals surface area contributed by atoms with Gasteiger partial charge in [0, 0.05) is 13.2 Å². The Morgan fingerprint density at radius 2 is 1.75 bits per heavy atom. The van der Waals surface area contributed by atoms with Gasteiger partial charge in [0.25, 0.3) is 0 Å². The van der Waals surface area contributed by atoms with Crippen molar-refractivity contribution in [3.8, 4) is 0 Å². The molecule has 0 unspecified atom stereocenters. The predicted molar refractivity (Wildman–Crippen MR) is 76.1 cm³/mol. The fourth-order valence-corrected chi connectivity index (χ4v) is 2.50. The molecule has 0 spiro atoms. The lowest BCUT2D eigenvalue weighted by atomic mass is 10.1. The molecule has 1 heterocycles. The van der Waals surface area contributed by atoms with Crippen LogP contribution in [0.4, 0.5) is 0 Å². The largest absolute Gasteiger partial charge is 0.353 e. The maximum Gasteiger partial charge on any atom is 0.157 e. The Morgan fingerprint density at radius 3 is 2.44 bits per heavy atom. The van der Waals surface area contributed by atoms with Crippen molar-refractivity contribution >= 4 is 22.6 Å². The Labute approximate surface area is 114 Å². The molecular weight excluding hydrogens is 315 g/mol. The lowest BCUT2D eigenvalue weighted by Crippen LogP contribution is -2.22. The van der Waals surface area contributed by atoms with Crippen LogP contribution in [-0.2, 0) is 9.47 Å². The number of hydrogen-bond donors (Lipinski definition) is 0. The fraction of sp³-hybridized carbons (Fsp3) is 1.00. The molecule has 2 nitrogen and oxygen atoms in total. The normalized spacial score (nSPS) is 21.2. The van der Waals surface area contributed by atoms with Gasteiger partial charge in [0.2, 0.25) is 0 Å². The Hall–Kier alpha value is 0.650. The van der Waals surface area contributed by atoms with E-state index in [1.54, 1.807) is 0 Å². The minimum atomic E-state index is 0.104. The molecule has 16 heavy (non-hydrogen) atoms. The van der Waals surface area contributed by atoms with E-state index in [0.29, 0.717) is 0 Å². The molecule has 0 aromatic rings. The van der Waals surface area contributed by atoms with Crippen molar-refractivity contribution in [1.29, 1.82) is 0 Å². The van der Waals surface area contributed by atoms with Crippen LogP contribution in [0.15, 0.2) is 0 Å². The first-order chi connectivity index (χ1) is 7.93. The zero-order chi connectivity index (χ0) is 11.5. The van der Waals surface area contributed by atoms with Crippen molar-refractivity contribution in [2.75, 3.05) is 17.6 Å². The summed E-state index contributed by atoms with van der Waals surface area (Å²) in [6.45, 7) is 1.78. The summed E-state index contributed by atoms with van der Waals surface area (Å²) in [5.74, 6) is 0. The highest BCUT2D eigenvalue weighted by atomic mass is 127. The third-order valence-corrected chi connectivity index (χ3v) is 3.73. The van der Waals surface area contributed by atoms with Crippen LogP contribution in [0.3, 0.4) is 0 Å². The van der Waals surface area contributed by atoms with Gasteiger partial charge in [0.1, 0.15) is 0 Å². The second-order valence-corrected chi connectivity index (χ2v) is 5.56. The van der Waals surface area contributed by atoms with Crippen LogP contribution in [0.5, 0.6) is 0 Å². The molecule has 1 aliphatic heterocycles. The molecule has 0 radical (unpaired) electrons.